The van der Waals surface area contributed by atoms with Gasteiger partial charge in [0.1, 0.15) is 11.6 Å². The van der Waals surface area contributed by atoms with Gasteiger partial charge < -0.3 is 10.1 Å². The lowest BCUT2D eigenvalue weighted by Crippen LogP contribution is -2.45. The van der Waals surface area contributed by atoms with Crippen LogP contribution in [-0.4, -0.2) is 35.1 Å². The largest absolute Gasteiger partial charge is 0.444 e. The molecule has 3 rings (SSSR count). The first-order chi connectivity index (χ1) is 13.2. The molecule has 1 atom stereocenters. The zero-order valence-electron chi connectivity index (χ0n) is 17.0. The summed E-state index contributed by atoms with van der Waals surface area (Å²) in [7, 11) is 0. The van der Waals surface area contributed by atoms with Gasteiger partial charge >= 0.3 is 6.09 Å². The third-order valence-electron chi connectivity index (χ3n) is 4.72. The Kier molecular flexibility index (Phi) is 5.73. The minimum Gasteiger partial charge on any atom is -0.444 e. The quantitative estimate of drug-likeness (QED) is 0.815. The van der Waals surface area contributed by atoms with Crippen LogP contribution in [0.5, 0.6) is 0 Å². The van der Waals surface area contributed by atoms with Gasteiger partial charge in [0.05, 0.1) is 0 Å². The van der Waals surface area contributed by atoms with Crippen LogP contribution in [0.15, 0.2) is 48.5 Å². The lowest BCUT2D eigenvalue weighted by atomic mass is 10.0. The average Bonchev–Trinajstić information content (AvgIpc) is 3.12. The summed E-state index contributed by atoms with van der Waals surface area (Å²) in [4.78, 5) is 26.6. The smallest absolute Gasteiger partial charge is 0.410 e. The second-order valence-electron chi connectivity index (χ2n) is 8.26. The number of carbonyl (C=O) groups excluding carboxylic acids is 2. The summed E-state index contributed by atoms with van der Waals surface area (Å²) in [5.41, 5.74) is 3.59. The number of carbonyl (C=O) groups is 2. The Hall–Kier alpha value is -2.82. The molecule has 148 valence electrons. The molecule has 1 aliphatic rings. The second-order valence-corrected chi connectivity index (χ2v) is 8.26. The van der Waals surface area contributed by atoms with Crippen molar-refractivity contribution in [2.75, 3.05) is 11.9 Å². The molecule has 1 N–H and O–H groups in total. The lowest BCUT2D eigenvalue weighted by molar-refractivity contribution is -0.120. The molecule has 5 nitrogen and oxygen atoms in total. The Balaban J connectivity index is 1.65. The number of hydrogen-bond donors (Lipinski definition) is 1. The van der Waals surface area contributed by atoms with Gasteiger partial charge in [-0.2, -0.15) is 0 Å². The van der Waals surface area contributed by atoms with Gasteiger partial charge in [0.2, 0.25) is 5.91 Å². The highest BCUT2D eigenvalue weighted by molar-refractivity contribution is 5.97. The maximum atomic E-state index is 12.7. The summed E-state index contributed by atoms with van der Waals surface area (Å²) in [5.74, 6) is -0.175. The molecule has 28 heavy (non-hydrogen) atoms. The highest BCUT2D eigenvalue weighted by Crippen LogP contribution is 2.24. The van der Waals surface area contributed by atoms with E-state index in [-0.39, 0.29) is 5.91 Å². The van der Waals surface area contributed by atoms with Crippen LogP contribution in [0.3, 0.4) is 0 Å². The van der Waals surface area contributed by atoms with Crippen LogP contribution in [0.4, 0.5) is 10.5 Å². The first-order valence-electron chi connectivity index (χ1n) is 9.70. The topological polar surface area (TPSA) is 58.6 Å². The number of anilines is 1. The van der Waals surface area contributed by atoms with E-state index in [9.17, 15) is 9.59 Å². The van der Waals surface area contributed by atoms with Gasteiger partial charge in [0.15, 0.2) is 0 Å². The molecule has 2 aromatic rings. The third-order valence-corrected chi connectivity index (χ3v) is 4.72. The molecular formula is C23H28N2O3. The Bertz CT molecular complexity index is 836. The van der Waals surface area contributed by atoms with Gasteiger partial charge in [-0.05, 0) is 63.8 Å². The van der Waals surface area contributed by atoms with E-state index in [4.69, 9.17) is 4.74 Å². The van der Waals surface area contributed by atoms with Crippen molar-refractivity contribution in [2.45, 2.75) is 52.2 Å². The molecule has 1 saturated heterocycles. The fraction of sp³-hybridized carbons (Fsp3) is 0.391. The van der Waals surface area contributed by atoms with E-state index in [1.165, 1.54) is 10.5 Å². The molecular weight excluding hydrogens is 352 g/mol. The number of hydrogen-bond acceptors (Lipinski definition) is 3. The number of nitrogens with one attached hydrogen (secondary N) is 1. The van der Waals surface area contributed by atoms with Gasteiger partial charge in [-0.1, -0.05) is 42.0 Å². The predicted octanol–water partition coefficient (Wildman–Crippen LogP) is 5.00. The Morgan fingerprint density at radius 3 is 2.14 bits per heavy atom. The predicted molar refractivity (Wildman–Crippen MR) is 111 cm³/mol. The van der Waals surface area contributed by atoms with Gasteiger partial charge in [-0.25, -0.2) is 4.79 Å². The molecule has 0 unspecified atom stereocenters. The van der Waals surface area contributed by atoms with E-state index in [1.807, 2.05) is 45.0 Å². The number of amides is 2. The minimum atomic E-state index is -0.577. The van der Waals surface area contributed by atoms with E-state index in [0.717, 1.165) is 23.2 Å². The molecule has 0 aliphatic carbocycles. The Morgan fingerprint density at radius 2 is 1.57 bits per heavy atom. The molecule has 1 fully saturated rings. The van der Waals surface area contributed by atoms with Gasteiger partial charge in [0, 0.05) is 12.2 Å². The van der Waals surface area contributed by atoms with Crippen LogP contribution in [0.2, 0.25) is 0 Å². The van der Waals surface area contributed by atoms with Crippen LogP contribution in [0.25, 0.3) is 11.1 Å². The molecule has 2 amide bonds. The van der Waals surface area contributed by atoms with Crippen LogP contribution in [0, 0.1) is 6.92 Å². The van der Waals surface area contributed by atoms with Gasteiger partial charge in [0.25, 0.3) is 0 Å². The first kappa shape index (κ1) is 19.9. The average molecular weight is 380 g/mol. The van der Waals surface area contributed by atoms with Crippen molar-refractivity contribution >= 4 is 17.7 Å². The van der Waals surface area contributed by atoms with Gasteiger partial charge in [-0.3, -0.25) is 9.69 Å². The van der Waals surface area contributed by atoms with Crippen molar-refractivity contribution < 1.29 is 14.3 Å². The van der Waals surface area contributed by atoms with Crippen molar-refractivity contribution in [1.29, 1.82) is 0 Å². The zero-order valence-corrected chi connectivity index (χ0v) is 17.0. The first-order valence-corrected chi connectivity index (χ1v) is 9.70. The molecule has 0 bridgehead atoms. The highest BCUT2D eigenvalue weighted by Gasteiger charge is 2.36. The van der Waals surface area contributed by atoms with E-state index in [2.05, 4.69) is 36.5 Å². The monoisotopic (exact) mass is 380 g/mol. The van der Waals surface area contributed by atoms with E-state index < -0.39 is 17.7 Å². The fourth-order valence-electron chi connectivity index (χ4n) is 3.30. The maximum Gasteiger partial charge on any atom is 0.410 e. The summed E-state index contributed by atoms with van der Waals surface area (Å²) >= 11 is 0. The fourth-order valence-corrected chi connectivity index (χ4v) is 3.30. The summed E-state index contributed by atoms with van der Waals surface area (Å²) in [5, 5.41) is 2.93. The highest BCUT2D eigenvalue weighted by atomic mass is 16.6. The third kappa shape index (κ3) is 4.91. The van der Waals surface area contributed by atoms with Crippen molar-refractivity contribution in [3.63, 3.8) is 0 Å². The minimum absolute atomic E-state index is 0.175. The Morgan fingerprint density at radius 1 is 1.00 bits per heavy atom. The Labute approximate surface area is 166 Å². The molecule has 0 spiro atoms. The number of aryl methyl sites for hydroxylation is 1. The maximum absolute atomic E-state index is 12.7. The van der Waals surface area contributed by atoms with Crippen molar-refractivity contribution in [1.82, 2.24) is 4.90 Å². The standard InChI is InChI=1S/C23H28N2O3/c1-16-7-9-17(10-8-16)18-11-13-19(14-12-18)24-21(26)20-6-5-15-25(20)22(27)28-23(2,3)4/h7-14,20H,5-6,15H2,1-4H3,(H,24,26)/t20-/m0/s1. The number of likely N-dealkylation sites (tertiary alicyclic amines) is 1. The summed E-state index contributed by atoms with van der Waals surface area (Å²) < 4.78 is 5.43. The molecule has 0 aromatic heterocycles. The van der Waals surface area contributed by atoms with Crippen LogP contribution in [0.1, 0.15) is 39.2 Å². The van der Waals surface area contributed by atoms with Crippen LogP contribution >= 0.6 is 0 Å². The van der Waals surface area contributed by atoms with Crippen molar-refractivity contribution in [2.24, 2.45) is 0 Å². The van der Waals surface area contributed by atoms with Crippen LogP contribution in [-0.2, 0) is 9.53 Å². The summed E-state index contributed by atoms with van der Waals surface area (Å²) in [6.45, 7) is 8.08. The molecule has 0 saturated carbocycles. The summed E-state index contributed by atoms with van der Waals surface area (Å²) in [6, 6.07) is 15.6. The normalized spacial score (nSPS) is 16.7. The van der Waals surface area contributed by atoms with E-state index >= 15 is 0 Å². The van der Waals surface area contributed by atoms with E-state index in [0.29, 0.717) is 13.0 Å². The van der Waals surface area contributed by atoms with E-state index in [1.54, 1.807) is 0 Å². The zero-order chi connectivity index (χ0) is 20.3. The lowest BCUT2D eigenvalue weighted by Gasteiger charge is -2.28. The summed E-state index contributed by atoms with van der Waals surface area (Å²) in [6.07, 6.45) is 1.01. The van der Waals surface area contributed by atoms with Gasteiger partial charge in [-0.15, -0.1) is 0 Å². The molecule has 1 heterocycles. The SMILES string of the molecule is Cc1ccc(-c2ccc(NC(=O)[C@@H]3CCCN3C(=O)OC(C)(C)C)cc2)cc1. The molecule has 0 radical (unpaired) electrons. The number of rotatable bonds is 3. The van der Waals surface area contributed by atoms with Crippen molar-refractivity contribution in [3.05, 3.63) is 54.1 Å². The van der Waals surface area contributed by atoms with Crippen molar-refractivity contribution in [3.8, 4) is 11.1 Å². The number of benzene rings is 2. The van der Waals surface area contributed by atoms with Crippen LogP contribution < -0.4 is 5.32 Å². The number of ether oxygens (including phenoxy) is 1. The number of nitrogens with zero attached hydrogens (tertiary/aromatic N) is 1. The molecule has 2 aromatic carbocycles. The molecule has 1 aliphatic heterocycles. The second kappa shape index (κ2) is 8.05. The molecule has 5 heteroatoms.